The van der Waals surface area contributed by atoms with Gasteiger partial charge < -0.3 is 54.8 Å². The average Bonchev–Trinajstić information content (AvgIpc) is 3.57. The summed E-state index contributed by atoms with van der Waals surface area (Å²) in [6.07, 6.45) is -9.18. The van der Waals surface area contributed by atoms with Gasteiger partial charge in [0.25, 0.3) is 5.91 Å². The van der Waals surface area contributed by atoms with Crippen LogP contribution in [-0.4, -0.2) is 135 Å². The Hall–Kier alpha value is -5.83. The van der Waals surface area contributed by atoms with Gasteiger partial charge in [0.15, 0.2) is 12.4 Å². The Kier molecular flexibility index (Phi) is 20.8. The smallest absolute Gasteiger partial charge is 0.407 e. The van der Waals surface area contributed by atoms with Crippen LogP contribution >= 0.6 is 0 Å². The minimum Gasteiger partial charge on any atom is -0.459 e. The number of benzene rings is 2. The molecule has 0 saturated carbocycles. The number of hydrogen-bond donors (Lipinski definition) is 7. The number of alkyl carbamates (subject to hydrolysis) is 1. The number of hydrazine groups is 1. The molecule has 1 aliphatic heterocycles. The van der Waals surface area contributed by atoms with Gasteiger partial charge in [0.1, 0.15) is 36.2 Å². The van der Waals surface area contributed by atoms with Gasteiger partial charge in [0.2, 0.25) is 5.91 Å². The molecule has 0 radical (unpaired) electrons. The summed E-state index contributed by atoms with van der Waals surface area (Å²) in [5.41, 5.74) is 4.48. The molecule has 378 valence electrons. The summed E-state index contributed by atoms with van der Waals surface area (Å²) in [7, 11) is 1.18. The van der Waals surface area contributed by atoms with Crippen molar-refractivity contribution in [3.05, 3.63) is 90.1 Å². The van der Waals surface area contributed by atoms with Crippen molar-refractivity contribution in [1.82, 2.24) is 26.1 Å². The van der Waals surface area contributed by atoms with Gasteiger partial charge in [-0.25, -0.2) is 9.80 Å². The molecule has 1 fully saturated rings. The number of aliphatic hydroxyl groups is 4. The number of ketones is 1. The van der Waals surface area contributed by atoms with E-state index in [2.05, 4.69) is 21.0 Å². The minimum atomic E-state index is -1.79. The molecule has 19 nitrogen and oxygen atoms in total. The van der Waals surface area contributed by atoms with Crippen LogP contribution in [0.2, 0.25) is 0 Å². The van der Waals surface area contributed by atoms with Gasteiger partial charge in [-0.05, 0) is 53.9 Å². The van der Waals surface area contributed by atoms with Gasteiger partial charge in [0.05, 0.1) is 32.0 Å². The number of methoxy groups -OCH3 is 1. The zero-order valence-electron chi connectivity index (χ0n) is 40.6. The highest BCUT2D eigenvalue weighted by Crippen LogP contribution is 2.30. The van der Waals surface area contributed by atoms with Crippen LogP contribution in [0.3, 0.4) is 0 Å². The third-order valence-corrected chi connectivity index (χ3v) is 11.6. The lowest BCUT2D eigenvalue weighted by Gasteiger charge is -2.37. The van der Waals surface area contributed by atoms with Crippen LogP contribution < -0.4 is 16.1 Å². The lowest BCUT2D eigenvalue weighted by molar-refractivity contribution is -0.162. The summed E-state index contributed by atoms with van der Waals surface area (Å²) in [6, 6.07) is 20.0. The van der Waals surface area contributed by atoms with E-state index < -0.39 is 102 Å². The van der Waals surface area contributed by atoms with E-state index in [0.717, 1.165) is 16.8 Å². The number of esters is 2. The van der Waals surface area contributed by atoms with Crippen LogP contribution in [0.25, 0.3) is 11.3 Å². The van der Waals surface area contributed by atoms with Gasteiger partial charge in [-0.3, -0.25) is 29.6 Å². The van der Waals surface area contributed by atoms with E-state index in [-0.39, 0.29) is 51.0 Å². The molecule has 9 atom stereocenters. The highest BCUT2D eigenvalue weighted by molar-refractivity contribution is 5.87. The Labute approximate surface area is 403 Å². The Balaban J connectivity index is 1.73. The number of carbonyl (C=O) groups excluding carboxylic acids is 6. The number of nitrogens with zero attached hydrogens (tertiary/aromatic N) is 2. The van der Waals surface area contributed by atoms with E-state index >= 15 is 0 Å². The molecule has 3 aromatic rings. The third kappa shape index (κ3) is 17.3. The number of amides is 3. The zero-order chi connectivity index (χ0) is 51.1. The van der Waals surface area contributed by atoms with Gasteiger partial charge in [0, 0.05) is 43.5 Å². The molecule has 19 heteroatoms. The van der Waals surface area contributed by atoms with Gasteiger partial charge in [-0.15, -0.1) is 0 Å². The van der Waals surface area contributed by atoms with E-state index in [1.165, 1.54) is 19.0 Å². The van der Waals surface area contributed by atoms with Crippen LogP contribution in [0.1, 0.15) is 85.3 Å². The normalized spacial score (nSPS) is 19.3. The molecule has 0 bridgehead atoms. The molecule has 4 rings (SSSR count). The van der Waals surface area contributed by atoms with E-state index in [1.807, 2.05) is 93.6 Å². The van der Waals surface area contributed by atoms with Crippen molar-refractivity contribution >= 4 is 35.6 Å². The number of aromatic nitrogens is 1. The second kappa shape index (κ2) is 25.7. The molecule has 2 heterocycles. The van der Waals surface area contributed by atoms with Crippen LogP contribution in [0.4, 0.5) is 4.79 Å². The van der Waals surface area contributed by atoms with Crippen molar-refractivity contribution in [1.29, 1.82) is 0 Å². The van der Waals surface area contributed by atoms with E-state index in [0.29, 0.717) is 5.56 Å². The molecule has 1 aromatic heterocycles. The average molecular weight is 964 g/mol. The topological polar surface area (TPSA) is 272 Å². The summed E-state index contributed by atoms with van der Waals surface area (Å²) >= 11 is 0. The molecular formula is C50H69N5O14. The van der Waals surface area contributed by atoms with Crippen molar-refractivity contribution in [2.75, 3.05) is 20.3 Å². The molecule has 0 spiro atoms. The summed E-state index contributed by atoms with van der Waals surface area (Å²) in [5, 5.41) is 47.1. The number of rotatable bonds is 23. The maximum Gasteiger partial charge on any atom is 0.407 e. The molecule has 3 amide bonds. The molecule has 2 aromatic carbocycles. The highest BCUT2D eigenvalue weighted by atomic mass is 16.7. The first-order valence-corrected chi connectivity index (χ1v) is 22.9. The standard InChI is InChI=1S/C50H69N5O14/c1-30(57)25-34(49(2,3)4)45(62)52-36(26-31-15-10-9-11-16-31)38(67-39(59)18-14-19-40(60)68-43-41(61)47(64)69-42(43)37(58)29-56)28-55(54-46(63)44(50(5,6)7)53-48(65)66-8)27-32-20-22-33(23-21-32)35-17-12-13-24-51-35/h9-13,15-17,20-24,34,36-38,41-44,47,56,58,61,64H,14,18-19,25-29H2,1-8H3,(H,52,62)(H,53,65)(H,54,63)/t34-,36?,37?,38-,41?,42?,43?,44-,47?/m0/s1. The second-order valence-corrected chi connectivity index (χ2v) is 19.4. The fraction of sp³-hybridized carbons (Fsp3) is 0.540. The fourth-order valence-corrected chi connectivity index (χ4v) is 7.77. The number of nitrogens with one attached hydrogen (secondary N) is 3. The van der Waals surface area contributed by atoms with Crippen LogP contribution in [0.15, 0.2) is 79.0 Å². The van der Waals surface area contributed by atoms with Crippen molar-refractivity contribution < 1.29 is 68.1 Å². The lowest BCUT2D eigenvalue weighted by Crippen LogP contribution is -2.60. The summed E-state index contributed by atoms with van der Waals surface area (Å²) in [4.78, 5) is 85.2. The lowest BCUT2D eigenvalue weighted by atomic mass is 9.77. The number of Topliss-reactive ketones (excluding diaryl/α,β-unsaturated/α-hetero) is 1. The number of hydrogen-bond acceptors (Lipinski definition) is 16. The summed E-state index contributed by atoms with van der Waals surface area (Å²) in [6.45, 7) is 11.2. The van der Waals surface area contributed by atoms with Gasteiger partial charge in [-0.1, -0.05) is 102 Å². The van der Waals surface area contributed by atoms with E-state index in [1.54, 1.807) is 27.0 Å². The first-order valence-electron chi connectivity index (χ1n) is 22.9. The van der Waals surface area contributed by atoms with Gasteiger partial charge >= 0.3 is 18.0 Å². The molecular weight excluding hydrogens is 895 g/mol. The Bertz CT molecular complexity index is 2150. The summed E-state index contributed by atoms with van der Waals surface area (Å²) in [5.74, 6) is -3.78. The van der Waals surface area contributed by atoms with Crippen molar-refractivity contribution in [2.45, 2.75) is 136 Å². The molecule has 7 N–H and O–H groups in total. The highest BCUT2D eigenvalue weighted by Gasteiger charge is 2.48. The molecule has 1 aliphatic rings. The quantitative estimate of drug-likeness (QED) is 0.0409. The number of aliphatic hydroxyl groups excluding tert-OH is 4. The third-order valence-electron chi connectivity index (χ3n) is 11.6. The van der Waals surface area contributed by atoms with E-state index in [4.69, 9.17) is 18.9 Å². The Morgan fingerprint density at radius 2 is 1.48 bits per heavy atom. The monoisotopic (exact) mass is 963 g/mol. The van der Waals surface area contributed by atoms with Crippen molar-refractivity contribution in [2.24, 2.45) is 16.7 Å². The number of carbonyl (C=O) groups is 6. The van der Waals surface area contributed by atoms with Crippen molar-refractivity contribution in [3.8, 4) is 11.3 Å². The Morgan fingerprint density at radius 3 is 2.06 bits per heavy atom. The van der Waals surface area contributed by atoms with Crippen LogP contribution in [-0.2, 0) is 55.9 Å². The second-order valence-electron chi connectivity index (χ2n) is 19.4. The SMILES string of the molecule is COC(=O)N[C@@H](C(=O)NN(Cc1ccc(-c2ccccn2)cc1)C[C@H](OC(=O)CCCC(=O)OC1C(O)C(O)OC1C(O)CO)C(Cc1ccccc1)NC(=O)[C@H](CC(C)=O)C(C)(C)C)C(C)(C)C. The molecule has 1 saturated heterocycles. The van der Waals surface area contributed by atoms with Crippen LogP contribution in [0.5, 0.6) is 0 Å². The van der Waals surface area contributed by atoms with Crippen LogP contribution in [0, 0.1) is 16.7 Å². The minimum absolute atomic E-state index is 0.0293. The van der Waals surface area contributed by atoms with Crippen molar-refractivity contribution in [3.63, 3.8) is 0 Å². The Morgan fingerprint density at radius 1 is 0.826 bits per heavy atom. The molecule has 0 aliphatic carbocycles. The maximum atomic E-state index is 14.4. The molecule has 6 unspecified atom stereocenters. The zero-order valence-corrected chi connectivity index (χ0v) is 40.6. The largest absolute Gasteiger partial charge is 0.459 e. The molecule has 69 heavy (non-hydrogen) atoms. The van der Waals surface area contributed by atoms with E-state index in [9.17, 15) is 49.2 Å². The number of pyridine rings is 1. The predicted octanol–water partition coefficient (Wildman–Crippen LogP) is 3.15. The van der Waals surface area contributed by atoms with Gasteiger partial charge in [-0.2, -0.15) is 0 Å². The first kappa shape index (κ1) is 55.8. The fourth-order valence-electron chi connectivity index (χ4n) is 7.77. The summed E-state index contributed by atoms with van der Waals surface area (Å²) < 4.78 is 21.5. The predicted molar refractivity (Wildman–Crippen MR) is 251 cm³/mol. The maximum absolute atomic E-state index is 14.4. The number of ether oxygens (including phenoxy) is 4. The first-order chi connectivity index (χ1) is 32.5.